The molecule has 0 amide bonds. The van der Waals surface area contributed by atoms with Crippen molar-refractivity contribution in [3.8, 4) is 29.0 Å². The van der Waals surface area contributed by atoms with Crippen LogP contribution < -0.4 is 4.65 Å². The number of benzene rings is 12. The van der Waals surface area contributed by atoms with Crippen LogP contribution in [0.1, 0.15) is 11.1 Å². The first kappa shape index (κ1) is 45.7. The Labute approximate surface area is 463 Å². The molecule has 0 saturated heterocycles. The zero-order valence-electron chi connectivity index (χ0n) is 42.2. The molecule has 0 aliphatic heterocycles. The maximum absolute atomic E-state index is 9.30. The Morgan fingerprint density at radius 3 is 1.24 bits per heavy atom. The molecule has 0 bridgehead atoms. The molecule has 10 nitrogen and oxygen atoms in total. The van der Waals surface area contributed by atoms with Gasteiger partial charge in [0.25, 0.3) is 0 Å². The van der Waals surface area contributed by atoms with E-state index in [0.717, 1.165) is 60.3 Å². The summed E-state index contributed by atoms with van der Waals surface area (Å²) in [6.07, 6.45) is 0. The van der Waals surface area contributed by atoms with Crippen LogP contribution >= 0.6 is 15.9 Å². The normalized spacial score (nSPS) is 11.8. The molecule has 80 heavy (non-hydrogen) atoms. The van der Waals surface area contributed by atoms with Crippen molar-refractivity contribution in [2.45, 2.75) is 0 Å². The Hall–Kier alpha value is -10.5. The number of nitrogens with zero attached hydrogens (tertiary/aromatic N) is 8. The summed E-state index contributed by atoms with van der Waals surface area (Å²) in [5.41, 5.74) is 14.8. The van der Waals surface area contributed by atoms with Gasteiger partial charge in [-0.2, -0.15) is 10.5 Å². The third-order valence-electron chi connectivity index (χ3n) is 15.8. The molecule has 6 aromatic heterocycles. The van der Waals surface area contributed by atoms with Crippen LogP contribution in [0, 0.1) is 22.7 Å². The molecule has 0 spiro atoms. The summed E-state index contributed by atoms with van der Waals surface area (Å²) in [5, 5.41) is 40.7. The lowest BCUT2D eigenvalue weighted by Crippen LogP contribution is -1.99. The van der Waals surface area contributed by atoms with Gasteiger partial charge >= 0.3 is 7.69 Å². The van der Waals surface area contributed by atoms with E-state index in [-0.39, 0.29) is 0 Å². The van der Waals surface area contributed by atoms with Crippen molar-refractivity contribution in [1.82, 2.24) is 27.6 Å². The number of fused-ring (bicyclic) bond motifs is 20. The SMILES string of the molecule is Brc1cc2c3cc4ccccc4cc3n3c2c(c1)n1c2cc4ccccc4cc2nc13.N#Cc1ccc(-c2cc3c4cc5ccccc5cc4n4c3c(c2)n2c3cc5ccccc5cc3nc24)cc1.N#Cc1ccc(O[B]O)cc1. The minimum absolute atomic E-state index is 0.506. The number of hydrogen-bond acceptors (Lipinski definition) is 6. The maximum Gasteiger partial charge on any atom is 0.569 e. The van der Waals surface area contributed by atoms with E-state index in [1.807, 2.05) is 30.3 Å². The van der Waals surface area contributed by atoms with Gasteiger partial charge in [0.05, 0.1) is 78.4 Å². The number of nitriles is 2. The van der Waals surface area contributed by atoms with Crippen molar-refractivity contribution < 1.29 is 9.68 Å². The van der Waals surface area contributed by atoms with Crippen LogP contribution in [0.3, 0.4) is 0 Å². The molecular weight excluding hydrogens is 1050 g/mol. The second-order valence-corrected chi connectivity index (χ2v) is 21.2. The first-order valence-electron chi connectivity index (χ1n) is 26.0. The average Bonchev–Trinajstić information content (AvgIpc) is 4.52. The highest BCUT2D eigenvalue weighted by atomic mass is 79.9. The lowest BCUT2D eigenvalue weighted by Gasteiger charge is -2.05. The van der Waals surface area contributed by atoms with Gasteiger partial charge in [0, 0.05) is 26.0 Å². The number of imidazole rings is 4. The van der Waals surface area contributed by atoms with Crippen molar-refractivity contribution in [2.24, 2.45) is 0 Å². The quantitative estimate of drug-likeness (QED) is 0.176. The van der Waals surface area contributed by atoms with Crippen LogP contribution in [0.4, 0.5) is 0 Å². The fourth-order valence-corrected chi connectivity index (χ4v) is 12.6. The summed E-state index contributed by atoms with van der Waals surface area (Å²) < 4.78 is 15.0. The first-order valence-corrected chi connectivity index (χ1v) is 26.8. The Kier molecular flexibility index (Phi) is 10.0. The molecule has 371 valence electrons. The maximum atomic E-state index is 9.30. The van der Waals surface area contributed by atoms with Crippen molar-refractivity contribution in [3.63, 3.8) is 0 Å². The van der Waals surface area contributed by atoms with Crippen molar-refractivity contribution >= 4 is 155 Å². The van der Waals surface area contributed by atoms with Gasteiger partial charge in [-0.15, -0.1) is 0 Å². The monoisotopic (exact) mass is 1090 g/mol. The van der Waals surface area contributed by atoms with Gasteiger partial charge in [0.15, 0.2) is 0 Å². The highest BCUT2D eigenvalue weighted by Crippen LogP contribution is 2.43. The summed E-state index contributed by atoms with van der Waals surface area (Å²) in [4.78, 5) is 10.3. The van der Waals surface area contributed by atoms with E-state index >= 15 is 0 Å². The van der Waals surface area contributed by atoms with E-state index in [4.69, 9.17) is 20.3 Å². The number of halogens is 1. The van der Waals surface area contributed by atoms with Gasteiger partial charge in [-0.25, -0.2) is 9.97 Å². The molecule has 6 heterocycles. The number of aromatic nitrogens is 6. The van der Waals surface area contributed by atoms with Crippen LogP contribution in [-0.2, 0) is 0 Å². The molecule has 0 saturated carbocycles. The van der Waals surface area contributed by atoms with Crippen molar-refractivity contribution in [3.05, 3.63) is 234 Å². The van der Waals surface area contributed by atoms with Crippen LogP contribution in [0.5, 0.6) is 5.75 Å². The number of hydrogen-bond donors (Lipinski definition) is 1. The molecule has 0 fully saturated rings. The summed E-state index contributed by atoms with van der Waals surface area (Å²) >= 11 is 3.77. The molecule has 0 atom stereocenters. The van der Waals surface area contributed by atoms with Crippen LogP contribution in [0.2, 0.25) is 0 Å². The summed E-state index contributed by atoms with van der Waals surface area (Å²) in [6.45, 7) is 0. The molecule has 0 aliphatic rings. The Morgan fingerprint density at radius 2 is 0.787 bits per heavy atom. The molecule has 0 unspecified atom stereocenters. The van der Waals surface area contributed by atoms with Gasteiger partial charge in [-0.1, -0.05) is 125 Å². The lowest BCUT2D eigenvalue weighted by molar-refractivity contribution is 0.454. The van der Waals surface area contributed by atoms with Gasteiger partial charge in [0.2, 0.25) is 11.6 Å². The Bertz CT molecular complexity index is 5670. The molecule has 1 radical (unpaired) electrons. The smallest absolute Gasteiger partial charge is 0.537 e. The van der Waals surface area contributed by atoms with E-state index < -0.39 is 0 Å². The summed E-state index contributed by atoms with van der Waals surface area (Å²) in [7, 11) is 0.599. The number of rotatable bonds is 3. The molecule has 18 rings (SSSR count). The molecular formula is C68H37BBrN8O2. The Balaban J connectivity index is 0.000000113. The van der Waals surface area contributed by atoms with Gasteiger partial charge < -0.3 is 9.68 Å². The minimum atomic E-state index is 0.506. The molecule has 0 aliphatic carbocycles. The molecule has 18 aromatic rings. The van der Waals surface area contributed by atoms with Gasteiger partial charge in [-0.3, -0.25) is 17.6 Å². The fourth-order valence-electron chi connectivity index (χ4n) is 12.2. The third kappa shape index (κ3) is 6.87. The van der Waals surface area contributed by atoms with Crippen LogP contribution in [0.25, 0.3) is 142 Å². The van der Waals surface area contributed by atoms with Crippen LogP contribution in [-0.4, -0.2) is 40.3 Å². The standard InChI is InChI=1S/C34H18N4.C27H14BrN3.C7H5BNO2/c35-19-20-9-11-21(12-10-20)26-14-28-27-13-22-5-1-3-7-24(22)16-30(27)38-33(28)32(18-26)37-31-17-25-8-4-2-6-23(25)15-29(31)36-34(37)38;28-19-13-21-20-9-15-5-1-3-7-17(15)11-23(20)31-26(21)25(14-19)30-24-12-18-8-4-2-6-16(18)10-22(24)29-27(30)31;9-5-6-1-3-7(4-2-6)11-8-10/h1-18H;1-14H;1-4,10H. The Morgan fingerprint density at radius 1 is 0.388 bits per heavy atom. The zero-order valence-corrected chi connectivity index (χ0v) is 43.8. The van der Waals surface area contributed by atoms with E-state index in [0.29, 0.717) is 24.6 Å². The fraction of sp³-hybridized carbons (Fsp3) is 0. The third-order valence-corrected chi connectivity index (χ3v) is 16.2. The van der Waals surface area contributed by atoms with E-state index in [1.165, 1.54) is 86.7 Å². The lowest BCUT2D eigenvalue weighted by atomic mass is 10.00. The molecule has 1 N–H and O–H groups in total. The van der Waals surface area contributed by atoms with Gasteiger partial charge in [0.1, 0.15) is 5.75 Å². The highest BCUT2D eigenvalue weighted by Gasteiger charge is 2.24. The second kappa shape index (κ2) is 17.5. The first-order chi connectivity index (χ1) is 39.4. The van der Waals surface area contributed by atoms with Crippen molar-refractivity contribution in [1.29, 1.82) is 10.5 Å². The van der Waals surface area contributed by atoms with E-state index in [9.17, 15) is 5.26 Å². The predicted octanol–water partition coefficient (Wildman–Crippen LogP) is 16.3. The zero-order chi connectivity index (χ0) is 53.3. The van der Waals surface area contributed by atoms with Crippen molar-refractivity contribution in [2.75, 3.05) is 0 Å². The molecule has 12 aromatic carbocycles. The topological polar surface area (TPSA) is 120 Å². The largest absolute Gasteiger partial charge is 0.569 e. The summed E-state index contributed by atoms with van der Waals surface area (Å²) in [5.74, 6) is 2.40. The van der Waals surface area contributed by atoms with Crippen LogP contribution in [0.15, 0.2) is 223 Å². The average molecular weight is 1090 g/mol. The second-order valence-electron chi connectivity index (χ2n) is 20.2. The van der Waals surface area contributed by atoms with Gasteiger partial charge in [-0.05, 0) is 163 Å². The van der Waals surface area contributed by atoms with E-state index in [2.05, 4.69) is 214 Å². The predicted molar refractivity (Wildman–Crippen MR) is 327 cm³/mol. The summed E-state index contributed by atoms with van der Waals surface area (Å²) in [6, 6.07) is 79.7. The van der Waals surface area contributed by atoms with E-state index in [1.54, 1.807) is 24.3 Å². The highest BCUT2D eigenvalue weighted by molar-refractivity contribution is 9.10. The minimum Gasteiger partial charge on any atom is -0.537 e. The molecule has 12 heteroatoms.